The number of carbonyl (C=O) groups is 2. The molecule has 0 aliphatic heterocycles. The Morgan fingerprint density at radius 1 is 1.00 bits per heavy atom. The summed E-state index contributed by atoms with van der Waals surface area (Å²) in [5.41, 5.74) is -0.102. The van der Waals surface area contributed by atoms with Crippen LogP contribution in [-0.4, -0.2) is 35.5 Å². The number of methoxy groups -OCH3 is 1. The molecule has 0 aliphatic rings. The highest BCUT2D eigenvalue weighted by atomic mass is 35.5. The number of nitrogens with zero attached hydrogens (tertiary/aromatic N) is 1. The van der Waals surface area contributed by atoms with E-state index in [0.717, 1.165) is 12.1 Å². The molecule has 11 heteroatoms. The fraction of sp³-hybridized carbons (Fsp3) is 0.250. The monoisotopic (exact) mass is 558 g/mol. The van der Waals surface area contributed by atoms with Crippen LogP contribution in [0.3, 0.4) is 0 Å². The Morgan fingerprint density at radius 3 is 2.38 bits per heavy atom. The van der Waals surface area contributed by atoms with Crippen molar-refractivity contribution in [1.29, 1.82) is 0 Å². The minimum absolute atomic E-state index is 0.0991. The van der Waals surface area contributed by atoms with Crippen molar-refractivity contribution in [2.75, 3.05) is 24.4 Å². The maximum absolute atomic E-state index is 13.5. The van der Waals surface area contributed by atoms with E-state index in [4.69, 9.17) is 16.3 Å². The van der Waals surface area contributed by atoms with Gasteiger partial charge in [0.15, 0.2) is 0 Å². The molecule has 3 N–H and O–H groups in total. The summed E-state index contributed by atoms with van der Waals surface area (Å²) < 4.78 is 45.8. The Balaban J connectivity index is 1.79. The molecular weight excluding hydrogens is 533 g/mol. The van der Waals surface area contributed by atoms with Crippen molar-refractivity contribution < 1.29 is 27.5 Å². The predicted molar refractivity (Wildman–Crippen MR) is 145 cm³/mol. The molecule has 39 heavy (non-hydrogen) atoms. The van der Waals surface area contributed by atoms with Gasteiger partial charge in [-0.1, -0.05) is 43.6 Å². The highest BCUT2D eigenvalue weighted by Crippen LogP contribution is 2.33. The van der Waals surface area contributed by atoms with Crippen LogP contribution in [0.25, 0.3) is 11.0 Å². The maximum Gasteiger partial charge on any atom is 0.417 e. The molecule has 0 saturated carbocycles. The number of H-pyrrole nitrogens is 1. The number of aromatic nitrogens is 2. The quantitative estimate of drug-likeness (QED) is 0.228. The molecule has 7 nitrogen and oxygen atoms in total. The summed E-state index contributed by atoms with van der Waals surface area (Å²) in [6.45, 7) is 5.89. The summed E-state index contributed by atoms with van der Waals surface area (Å²) in [7, 11) is 1.56. The molecule has 1 aromatic heterocycles. The predicted octanol–water partition coefficient (Wildman–Crippen LogP) is 6.97. The number of benzene rings is 3. The van der Waals surface area contributed by atoms with Crippen molar-refractivity contribution in [2.24, 2.45) is 0 Å². The normalized spacial score (nSPS) is 12.0. The van der Waals surface area contributed by atoms with E-state index in [9.17, 15) is 22.8 Å². The lowest BCUT2D eigenvalue weighted by atomic mass is 9.94. The van der Waals surface area contributed by atoms with Gasteiger partial charge in [-0.2, -0.15) is 13.2 Å². The number of hydrogen-bond donors (Lipinski definition) is 3. The number of hydrogen-bond acceptors (Lipinski definition) is 4. The number of alkyl halides is 3. The molecule has 0 fully saturated rings. The van der Waals surface area contributed by atoms with Gasteiger partial charge in [0.25, 0.3) is 11.8 Å². The topological polar surface area (TPSA) is 96.1 Å². The van der Waals surface area contributed by atoms with Crippen LogP contribution in [0.4, 0.5) is 24.5 Å². The molecule has 0 saturated heterocycles. The van der Waals surface area contributed by atoms with Crippen molar-refractivity contribution in [3.63, 3.8) is 0 Å². The summed E-state index contributed by atoms with van der Waals surface area (Å²) >= 11 is 6.20. The third kappa shape index (κ3) is 5.91. The second-order valence-electron chi connectivity index (χ2n) is 9.69. The van der Waals surface area contributed by atoms with E-state index in [0.29, 0.717) is 39.7 Å². The first-order valence-corrected chi connectivity index (χ1v) is 12.3. The average Bonchev–Trinajstić information content (AvgIpc) is 3.31. The van der Waals surface area contributed by atoms with E-state index in [-0.39, 0.29) is 11.3 Å². The standard InChI is InChI=1S/C28H26ClF3N4O3/c1-15-20(29)10-7-11-21(15)34-25(38)18-12-16(13-22-23(18)36-26(35-22)27(2,3)14-39-4)33-24(37)17-8-5-6-9-19(17)28(30,31)32/h5-13H,14H2,1-4H3,(H,33,37)(H,34,38)(H,35,36). The number of anilines is 2. The molecule has 4 aromatic rings. The van der Waals surface area contributed by atoms with Crippen LogP contribution in [0, 0.1) is 6.92 Å². The number of aromatic amines is 1. The van der Waals surface area contributed by atoms with Crippen molar-refractivity contribution in [3.05, 3.63) is 87.7 Å². The van der Waals surface area contributed by atoms with Crippen LogP contribution < -0.4 is 10.6 Å². The number of halogens is 4. The molecule has 1 heterocycles. The Bertz CT molecular complexity index is 1560. The first-order chi connectivity index (χ1) is 18.3. The van der Waals surface area contributed by atoms with Crippen molar-refractivity contribution in [2.45, 2.75) is 32.4 Å². The van der Waals surface area contributed by atoms with Gasteiger partial charge in [0.2, 0.25) is 0 Å². The summed E-state index contributed by atoms with van der Waals surface area (Å²) in [5, 5.41) is 5.78. The molecule has 204 valence electrons. The van der Waals surface area contributed by atoms with E-state index in [2.05, 4.69) is 20.6 Å². The molecule has 0 unspecified atom stereocenters. The highest BCUT2D eigenvalue weighted by molar-refractivity contribution is 6.31. The SMILES string of the molecule is COCC(C)(C)c1nc2c(C(=O)Nc3cccc(Cl)c3C)cc(NC(=O)c3ccccc3C(F)(F)F)cc2[nH]1. The molecular formula is C28H26ClF3N4O3. The van der Waals surface area contributed by atoms with Gasteiger partial charge < -0.3 is 20.4 Å². The fourth-order valence-electron chi connectivity index (χ4n) is 4.17. The summed E-state index contributed by atoms with van der Waals surface area (Å²) in [5.74, 6) is -0.989. The Labute approximate surface area is 227 Å². The lowest BCUT2D eigenvalue weighted by Crippen LogP contribution is -2.25. The zero-order valence-corrected chi connectivity index (χ0v) is 22.3. The number of ether oxygens (including phenoxy) is 1. The number of imidazole rings is 1. The van der Waals surface area contributed by atoms with Crippen LogP contribution in [0.15, 0.2) is 54.6 Å². The van der Waals surface area contributed by atoms with E-state index >= 15 is 0 Å². The zero-order valence-electron chi connectivity index (χ0n) is 21.6. The van der Waals surface area contributed by atoms with Gasteiger partial charge in [0.1, 0.15) is 11.3 Å². The lowest BCUT2D eigenvalue weighted by molar-refractivity contribution is -0.137. The van der Waals surface area contributed by atoms with Crippen molar-refractivity contribution >= 4 is 45.8 Å². The number of amides is 2. The van der Waals surface area contributed by atoms with E-state index < -0.39 is 34.5 Å². The number of fused-ring (bicyclic) bond motifs is 1. The lowest BCUT2D eigenvalue weighted by Gasteiger charge is -2.20. The van der Waals surface area contributed by atoms with Crippen LogP contribution in [0.2, 0.25) is 5.02 Å². The van der Waals surface area contributed by atoms with Crippen LogP contribution in [-0.2, 0) is 16.3 Å². The minimum Gasteiger partial charge on any atom is -0.384 e. The minimum atomic E-state index is -4.72. The first kappa shape index (κ1) is 28.1. The van der Waals surface area contributed by atoms with Gasteiger partial charge in [0, 0.05) is 28.9 Å². The van der Waals surface area contributed by atoms with Crippen LogP contribution in [0.1, 0.15) is 51.5 Å². The third-order valence-corrected chi connectivity index (χ3v) is 6.64. The largest absolute Gasteiger partial charge is 0.417 e. The summed E-state index contributed by atoms with van der Waals surface area (Å²) in [4.78, 5) is 34.2. The zero-order chi connectivity index (χ0) is 28.5. The smallest absolute Gasteiger partial charge is 0.384 e. The van der Waals surface area contributed by atoms with Gasteiger partial charge in [-0.05, 0) is 48.9 Å². The molecule has 3 aromatic carbocycles. The average molecular weight is 559 g/mol. The molecule has 4 rings (SSSR count). The van der Waals surface area contributed by atoms with Gasteiger partial charge in [-0.15, -0.1) is 0 Å². The van der Waals surface area contributed by atoms with E-state index in [1.807, 2.05) is 13.8 Å². The summed E-state index contributed by atoms with van der Waals surface area (Å²) in [6.07, 6.45) is -4.72. The molecule has 0 atom stereocenters. The number of nitrogens with one attached hydrogen (secondary N) is 3. The molecule has 0 radical (unpaired) electrons. The van der Waals surface area contributed by atoms with Crippen LogP contribution in [0.5, 0.6) is 0 Å². The van der Waals surface area contributed by atoms with Crippen molar-refractivity contribution in [1.82, 2.24) is 9.97 Å². The number of rotatable bonds is 7. The van der Waals surface area contributed by atoms with Crippen LogP contribution >= 0.6 is 11.6 Å². The number of carbonyl (C=O) groups excluding carboxylic acids is 2. The van der Waals surface area contributed by atoms with E-state index in [1.165, 1.54) is 24.3 Å². The summed E-state index contributed by atoms with van der Waals surface area (Å²) in [6, 6.07) is 12.4. The van der Waals surface area contributed by atoms with Gasteiger partial charge in [-0.3, -0.25) is 9.59 Å². The van der Waals surface area contributed by atoms with E-state index in [1.54, 1.807) is 32.2 Å². The first-order valence-electron chi connectivity index (χ1n) is 11.9. The third-order valence-electron chi connectivity index (χ3n) is 6.23. The molecule has 2 amide bonds. The Hall–Kier alpha value is -3.89. The Morgan fingerprint density at radius 2 is 1.69 bits per heavy atom. The highest BCUT2D eigenvalue weighted by Gasteiger charge is 2.35. The fourth-order valence-corrected chi connectivity index (χ4v) is 4.35. The Kier molecular flexibility index (Phi) is 7.72. The molecule has 0 aliphatic carbocycles. The second-order valence-corrected chi connectivity index (χ2v) is 10.1. The van der Waals surface area contributed by atoms with Crippen molar-refractivity contribution in [3.8, 4) is 0 Å². The maximum atomic E-state index is 13.5. The molecule has 0 bridgehead atoms. The van der Waals surface area contributed by atoms with Gasteiger partial charge in [0.05, 0.1) is 28.8 Å². The van der Waals surface area contributed by atoms with Gasteiger partial charge in [-0.25, -0.2) is 4.98 Å². The second kappa shape index (κ2) is 10.7. The molecule has 0 spiro atoms. The van der Waals surface area contributed by atoms with Gasteiger partial charge >= 0.3 is 6.18 Å².